The van der Waals surface area contributed by atoms with Crippen molar-refractivity contribution < 1.29 is 14.4 Å². The lowest BCUT2D eigenvalue weighted by atomic mass is 9.85. The Balaban J connectivity index is 2.87. The van der Waals surface area contributed by atoms with Crippen LogP contribution in [0.15, 0.2) is 0 Å². The molecule has 4 heteroatoms. The molecule has 0 N–H and O–H groups in total. The molecular weight excluding hydrogens is 194 g/mol. The van der Waals surface area contributed by atoms with E-state index in [1.807, 2.05) is 0 Å². The lowest BCUT2D eigenvalue weighted by molar-refractivity contribution is -0.141. The van der Waals surface area contributed by atoms with E-state index in [9.17, 15) is 14.4 Å². The smallest absolute Gasteiger partial charge is 0.222 e. The number of carbonyl (C=O) groups excluding carboxylic acids is 3. The summed E-state index contributed by atoms with van der Waals surface area (Å²) in [4.78, 5) is 35.8. The molecule has 1 saturated heterocycles. The number of rotatable bonds is 3. The van der Waals surface area contributed by atoms with Gasteiger partial charge in [0.1, 0.15) is 11.6 Å². The van der Waals surface area contributed by atoms with Crippen LogP contribution in [-0.2, 0) is 14.4 Å². The molecule has 0 aromatic heterocycles. The Labute approximate surface area is 89.6 Å². The highest BCUT2D eigenvalue weighted by Crippen LogP contribution is 2.24. The minimum Gasteiger partial charge on any atom is -0.342 e. The van der Waals surface area contributed by atoms with Crippen molar-refractivity contribution in [3.63, 3.8) is 0 Å². The monoisotopic (exact) mass is 211 g/mol. The number of piperidine rings is 1. The summed E-state index contributed by atoms with van der Waals surface area (Å²) in [6.07, 6.45) is 2.03. The number of hydrogen-bond donors (Lipinski definition) is 0. The van der Waals surface area contributed by atoms with Crippen molar-refractivity contribution >= 4 is 17.5 Å². The van der Waals surface area contributed by atoms with Crippen molar-refractivity contribution in [2.75, 3.05) is 7.05 Å². The highest BCUT2D eigenvalue weighted by molar-refractivity contribution is 6.01. The maximum Gasteiger partial charge on any atom is 0.222 e. The fourth-order valence-electron chi connectivity index (χ4n) is 2.24. The highest BCUT2D eigenvalue weighted by Gasteiger charge is 2.36. The van der Waals surface area contributed by atoms with Crippen molar-refractivity contribution in [1.29, 1.82) is 0 Å². The van der Waals surface area contributed by atoms with E-state index in [0.717, 1.165) is 12.8 Å². The van der Waals surface area contributed by atoms with Gasteiger partial charge in [0.25, 0.3) is 0 Å². The van der Waals surface area contributed by atoms with Gasteiger partial charge in [-0.05, 0) is 26.7 Å². The van der Waals surface area contributed by atoms with Gasteiger partial charge in [-0.15, -0.1) is 0 Å². The number of nitrogens with zero attached hydrogens (tertiary/aromatic N) is 1. The van der Waals surface area contributed by atoms with Crippen LogP contribution in [-0.4, -0.2) is 35.5 Å². The largest absolute Gasteiger partial charge is 0.342 e. The third-order valence-corrected chi connectivity index (χ3v) is 3.04. The van der Waals surface area contributed by atoms with Crippen LogP contribution in [0.25, 0.3) is 0 Å². The summed E-state index contributed by atoms with van der Waals surface area (Å²) in [5.41, 5.74) is 0. The molecule has 1 rings (SSSR count). The standard InChI is InChI=1S/C11H17NO3/c1-7(13)11(8(2)14)9-5-4-6-10(15)12(9)3/h9,11H,4-6H2,1-3H3. The number of ketones is 2. The van der Waals surface area contributed by atoms with Crippen LogP contribution >= 0.6 is 0 Å². The van der Waals surface area contributed by atoms with Crippen LogP contribution in [0, 0.1) is 5.92 Å². The Bertz CT molecular complexity index is 284. The number of Topliss-reactive ketones (excluding diaryl/α,β-unsaturated/α-hetero) is 2. The zero-order valence-electron chi connectivity index (χ0n) is 9.45. The summed E-state index contributed by atoms with van der Waals surface area (Å²) in [7, 11) is 1.67. The van der Waals surface area contributed by atoms with Gasteiger partial charge < -0.3 is 4.90 Å². The van der Waals surface area contributed by atoms with Crippen LogP contribution in [0.4, 0.5) is 0 Å². The molecule has 0 radical (unpaired) electrons. The Morgan fingerprint density at radius 1 is 1.33 bits per heavy atom. The average molecular weight is 211 g/mol. The topological polar surface area (TPSA) is 54.5 Å². The van der Waals surface area contributed by atoms with Crippen LogP contribution in [0.3, 0.4) is 0 Å². The molecule has 15 heavy (non-hydrogen) atoms. The summed E-state index contributed by atoms with van der Waals surface area (Å²) < 4.78 is 0. The summed E-state index contributed by atoms with van der Waals surface area (Å²) in [6.45, 7) is 2.83. The SMILES string of the molecule is CC(=O)C(C(C)=O)C1CCCC(=O)N1C. The van der Waals surface area contributed by atoms with Gasteiger partial charge in [-0.2, -0.15) is 0 Å². The Morgan fingerprint density at radius 2 is 1.87 bits per heavy atom. The van der Waals surface area contributed by atoms with Crippen LogP contribution in [0.2, 0.25) is 0 Å². The van der Waals surface area contributed by atoms with Gasteiger partial charge in [-0.25, -0.2) is 0 Å². The molecule has 1 aliphatic rings. The van der Waals surface area contributed by atoms with E-state index in [-0.39, 0.29) is 23.5 Å². The predicted molar refractivity (Wildman–Crippen MR) is 55.3 cm³/mol. The first-order valence-electron chi connectivity index (χ1n) is 5.21. The molecule has 0 bridgehead atoms. The number of amides is 1. The Kier molecular flexibility index (Phi) is 3.61. The molecule has 0 aliphatic carbocycles. The summed E-state index contributed by atoms with van der Waals surface area (Å²) in [5.74, 6) is -0.902. The molecule has 1 atom stereocenters. The van der Waals surface area contributed by atoms with E-state index in [1.165, 1.54) is 13.8 Å². The van der Waals surface area contributed by atoms with E-state index in [4.69, 9.17) is 0 Å². The van der Waals surface area contributed by atoms with Crippen molar-refractivity contribution in [2.45, 2.75) is 39.2 Å². The molecule has 1 unspecified atom stereocenters. The summed E-state index contributed by atoms with van der Waals surface area (Å²) in [6, 6.07) is -0.235. The molecule has 0 saturated carbocycles. The Hall–Kier alpha value is -1.19. The molecule has 1 fully saturated rings. The van der Waals surface area contributed by atoms with E-state index < -0.39 is 5.92 Å². The van der Waals surface area contributed by atoms with E-state index in [2.05, 4.69) is 0 Å². The van der Waals surface area contributed by atoms with Crippen LogP contribution in [0.1, 0.15) is 33.1 Å². The van der Waals surface area contributed by atoms with Gasteiger partial charge in [0.05, 0.1) is 5.92 Å². The predicted octanol–water partition coefficient (Wildman–Crippen LogP) is 0.792. The molecule has 1 aliphatic heterocycles. The first-order valence-corrected chi connectivity index (χ1v) is 5.21. The minimum absolute atomic E-state index is 0.0266. The lowest BCUT2D eigenvalue weighted by Crippen LogP contribution is -2.49. The molecule has 0 spiro atoms. The molecular formula is C11H17NO3. The summed E-state index contributed by atoms with van der Waals surface area (Å²) in [5, 5.41) is 0. The molecule has 0 aromatic carbocycles. The van der Waals surface area contributed by atoms with E-state index in [1.54, 1.807) is 11.9 Å². The first kappa shape index (κ1) is 11.9. The van der Waals surface area contributed by atoms with E-state index in [0.29, 0.717) is 6.42 Å². The average Bonchev–Trinajstić information content (AvgIpc) is 2.11. The van der Waals surface area contributed by atoms with Gasteiger partial charge >= 0.3 is 0 Å². The van der Waals surface area contributed by atoms with Crippen LogP contribution in [0.5, 0.6) is 0 Å². The van der Waals surface area contributed by atoms with Gasteiger partial charge in [-0.1, -0.05) is 0 Å². The molecule has 1 amide bonds. The van der Waals surface area contributed by atoms with Crippen molar-refractivity contribution in [1.82, 2.24) is 4.90 Å². The number of hydrogen-bond acceptors (Lipinski definition) is 3. The second-order valence-electron chi connectivity index (χ2n) is 4.16. The molecule has 84 valence electrons. The Morgan fingerprint density at radius 3 is 2.33 bits per heavy atom. The van der Waals surface area contributed by atoms with E-state index >= 15 is 0 Å². The third kappa shape index (κ3) is 2.43. The number of likely N-dealkylation sites (tertiary alicyclic amines) is 1. The zero-order chi connectivity index (χ0) is 11.6. The first-order chi connectivity index (χ1) is 6.95. The third-order valence-electron chi connectivity index (χ3n) is 3.04. The molecule has 4 nitrogen and oxygen atoms in total. The van der Waals surface area contributed by atoms with Gasteiger partial charge in [0.2, 0.25) is 5.91 Å². The van der Waals surface area contributed by atoms with Gasteiger partial charge in [0.15, 0.2) is 0 Å². The quantitative estimate of drug-likeness (QED) is 0.648. The lowest BCUT2D eigenvalue weighted by Gasteiger charge is -2.35. The number of carbonyl (C=O) groups is 3. The van der Waals surface area contributed by atoms with Gasteiger partial charge in [-0.3, -0.25) is 14.4 Å². The molecule has 1 heterocycles. The fourth-order valence-corrected chi connectivity index (χ4v) is 2.24. The normalized spacial score (nSPS) is 22.0. The maximum absolute atomic E-state index is 11.5. The van der Waals surface area contributed by atoms with Crippen LogP contribution < -0.4 is 0 Å². The minimum atomic E-state index is -0.640. The van der Waals surface area contributed by atoms with Crippen molar-refractivity contribution in [3.8, 4) is 0 Å². The zero-order valence-corrected chi connectivity index (χ0v) is 9.45. The second kappa shape index (κ2) is 4.55. The van der Waals surface area contributed by atoms with Gasteiger partial charge in [0, 0.05) is 19.5 Å². The summed E-state index contributed by atoms with van der Waals surface area (Å²) >= 11 is 0. The van der Waals surface area contributed by atoms with Crippen molar-refractivity contribution in [3.05, 3.63) is 0 Å². The maximum atomic E-state index is 11.5. The second-order valence-corrected chi connectivity index (χ2v) is 4.16. The fraction of sp³-hybridized carbons (Fsp3) is 0.727. The highest BCUT2D eigenvalue weighted by atomic mass is 16.2. The van der Waals surface area contributed by atoms with Crippen molar-refractivity contribution in [2.24, 2.45) is 5.92 Å². The molecule has 0 aromatic rings.